The largest absolute Gasteiger partial charge is 0.355 e. The number of nitrogens with two attached hydrogens (primary N) is 1. The SMILES string of the molecule is CNC(=O)c1ccc(-c2ccc(C[C@H](N)C#N)c(F)c2)cc1. The fraction of sp³-hybridized carbons (Fsp3) is 0.176. The normalized spacial score (nSPS) is 11.5. The van der Waals surface area contributed by atoms with Crippen molar-refractivity contribution >= 4 is 5.91 Å². The quantitative estimate of drug-likeness (QED) is 0.908. The summed E-state index contributed by atoms with van der Waals surface area (Å²) in [7, 11) is 1.57. The zero-order valence-electron chi connectivity index (χ0n) is 12.1. The van der Waals surface area contributed by atoms with Crippen molar-refractivity contribution in [3.63, 3.8) is 0 Å². The Labute approximate surface area is 128 Å². The van der Waals surface area contributed by atoms with Crippen molar-refractivity contribution in [3.05, 3.63) is 59.4 Å². The van der Waals surface area contributed by atoms with E-state index < -0.39 is 11.9 Å². The fourth-order valence-corrected chi connectivity index (χ4v) is 2.13. The summed E-state index contributed by atoms with van der Waals surface area (Å²) in [4.78, 5) is 11.5. The van der Waals surface area contributed by atoms with E-state index in [1.54, 1.807) is 43.4 Å². The molecule has 0 heterocycles. The van der Waals surface area contributed by atoms with Crippen LogP contribution in [0.3, 0.4) is 0 Å². The van der Waals surface area contributed by atoms with Crippen LogP contribution in [0.5, 0.6) is 0 Å². The molecule has 0 aromatic heterocycles. The van der Waals surface area contributed by atoms with Gasteiger partial charge < -0.3 is 11.1 Å². The Hall–Kier alpha value is -2.71. The number of halogens is 1. The Morgan fingerprint density at radius 3 is 2.45 bits per heavy atom. The van der Waals surface area contributed by atoms with Crippen LogP contribution in [-0.2, 0) is 6.42 Å². The predicted octanol–water partition coefficient (Wildman–Crippen LogP) is 2.25. The molecule has 0 bridgehead atoms. The lowest BCUT2D eigenvalue weighted by Crippen LogP contribution is -2.20. The van der Waals surface area contributed by atoms with Crippen molar-refractivity contribution in [2.24, 2.45) is 5.73 Å². The van der Waals surface area contributed by atoms with E-state index in [0.717, 1.165) is 5.56 Å². The molecule has 0 fully saturated rings. The summed E-state index contributed by atoms with van der Waals surface area (Å²) >= 11 is 0. The van der Waals surface area contributed by atoms with Crippen LogP contribution in [0.2, 0.25) is 0 Å². The summed E-state index contributed by atoms with van der Waals surface area (Å²) in [5.41, 5.74) is 7.99. The first-order valence-electron chi connectivity index (χ1n) is 6.81. The fourth-order valence-electron chi connectivity index (χ4n) is 2.13. The molecule has 4 nitrogen and oxygen atoms in total. The maximum Gasteiger partial charge on any atom is 0.251 e. The molecule has 1 atom stereocenters. The third-order valence-electron chi connectivity index (χ3n) is 3.37. The second-order valence-electron chi connectivity index (χ2n) is 4.90. The van der Waals surface area contributed by atoms with Crippen LogP contribution in [0.25, 0.3) is 11.1 Å². The average Bonchev–Trinajstić information content (AvgIpc) is 2.56. The molecular formula is C17H16FN3O. The van der Waals surface area contributed by atoms with Gasteiger partial charge in [0.05, 0.1) is 12.1 Å². The highest BCUT2D eigenvalue weighted by Gasteiger charge is 2.10. The van der Waals surface area contributed by atoms with E-state index in [1.165, 1.54) is 6.07 Å². The summed E-state index contributed by atoms with van der Waals surface area (Å²) in [5.74, 6) is -0.558. The molecule has 3 N–H and O–H groups in total. The van der Waals surface area contributed by atoms with Gasteiger partial charge in [0, 0.05) is 19.0 Å². The van der Waals surface area contributed by atoms with Crippen molar-refractivity contribution < 1.29 is 9.18 Å². The third-order valence-corrected chi connectivity index (χ3v) is 3.37. The van der Waals surface area contributed by atoms with Crippen LogP contribution in [0.15, 0.2) is 42.5 Å². The number of carbonyl (C=O) groups excluding carboxylic acids is 1. The van der Waals surface area contributed by atoms with Gasteiger partial charge in [-0.05, 0) is 34.9 Å². The number of carbonyl (C=O) groups is 1. The van der Waals surface area contributed by atoms with Crippen LogP contribution in [0.4, 0.5) is 4.39 Å². The first-order chi connectivity index (χ1) is 10.5. The number of hydrogen-bond donors (Lipinski definition) is 2. The minimum atomic E-state index is -0.716. The Morgan fingerprint density at radius 1 is 1.27 bits per heavy atom. The maximum absolute atomic E-state index is 14.1. The van der Waals surface area contributed by atoms with Gasteiger partial charge >= 0.3 is 0 Å². The number of rotatable bonds is 4. The van der Waals surface area contributed by atoms with E-state index in [0.29, 0.717) is 16.7 Å². The molecule has 0 aliphatic heterocycles. The van der Waals surface area contributed by atoms with E-state index in [-0.39, 0.29) is 12.3 Å². The zero-order chi connectivity index (χ0) is 16.1. The number of nitrogens with one attached hydrogen (secondary N) is 1. The number of hydrogen-bond acceptors (Lipinski definition) is 3. The molecule has 0 unspecified atom stereocenters. The van der Waals surface area contributed by atoms with Gasteiger partial charge in [0.2, 0.25) is 0 Å². The lowest BCUT2D eigenvalue weighted by Gasteiger charge is -2.08. The van der Waals surface area contributed by atoms with Crippen LogP contribution in [0.1, 0.15) is 15.9 Å². The smallest absolute Gasteiger partial charge is 0.251 e. The summed E-state index contributed by atoms with van der Waals surface area (Å²) < 4.78 is 14.1. The second-order valence-corrected chi connectivity index (χ2v) is 4.90. The van der Waals surface area contributed by atoms with E-state index in [2.05, 4.69) is 5.32 Å². The summed E-state index contributed by atoms with van der Waals surface area (Å²) in [5, 5.41) is 11.2. The Kier molecular flexibility index (Phi) is 4.87. The third kappa shape index (κ3) is 3.48. The molecule has 0 spiro atoms. The second kappa shape index (κ2) is 6.83. The van der Waals surface area contributed by atoms with E-state index in [4.69, 9.17) is 11.0 Å². The summed E-state index contributed by atoms with van der Waals surface area (Å²) in [6.07, 6.45) is 0.179. The van der Waals surface area contributed by atoms with Gasteiger partial charge in [-0.15, -0.1) is 0 Å². The monoisotopic (exact) mass is 297 g/mol. The number of benzene rings is 2. The van der Waals surface area contributed by atoms with Gasteiger partial charge in [-0.2, -0.15) is 5.26 Å². The van der Waals surface area contributed by atoms with Gasteiger partial charge in [0.1, 0.15) is 5.82 Å². The van der Waals surface area contributed by atoms with Crippen molar-refractivity contribution in [1.29, 1.82) is 5.26 Å². The molecule has 2 rings (SSSR count). The standard InChI is InChI=1S/C17H16FN3O/c1-21-17(22)12-4-2-11(3-5-12)13-6-7-14(16(18)9-13)8-15(20)10-19/h2-7,9,15H,8,20H2,1H3,(H,21,22)/t15-/m0/s1. The maximum atomic E-state index is 14.1. The minimum Gasteiger partial charge on any atom is -0.355 e. The molecule has 0 aliphatic carbocycles. The molecule has 2 aromatic rings. The summed E-state index contributed by atoms with van der Waals surface area (Å²) in [6, 6.07) is 12.9. The Bertz CT molecular complexity index is 720. The molecule has 1 amide bonds. The van der Waals surface area contributed by atoms with Crippen molar-refractivity contribution in [3.8, 4) is 17.2 Å². The number of amides is 1. The lowest BCUT2D eigenvalue weighted by molar-refractivity contribution is 0.0963. The minimum absolute atomic E-state index is 0.168. The van der Waals surface area contributed by atoms with Gasteiger partial charge in [0.25, 0.3) is 5.91 Å². The van der Waals surface area contributed by atoms with Crippen molar-refractivity contribution in [2.75, 3.05) is 7.05 Å². The Balaban J connectivity index is 2.25. The van der Waals surface area contributed by atoms with Crippen LogP contribution < -0.4 is 11.1 Å². The van der Waals surface area contributed by atoms with Crippen molar-refractivity contribution in [2.45, 2.75) is 12.5 Å². The number of nitrogens with zero attached hydrogens (tertiary/aromatic N) is 1. The lowest BCUT2D eigenvalue weighted by atomic mass is 9.99. The van der Waals surface area contributed by atoms with E-state index in [9.17, 15) is 9.18 Å². The van der Waals surface area contributed by atoms with Crippen molar-refractivity contribution in [1.82, 2.24) is 5.32 Å². The average molecular weight is 297 g/mol. The van der Waals surface area contributed by atoms with Gasteiger partial charge in [-0.25, -0.2) is 4.39 Å². The molecule has 5 heteroatoms. The first kappa shape index (κ1) is 15.7. The molecule has 0 saturated carbocycles. The van der Waals surface area contributed by atoms with Crippen LogP contribution >= 0.6 is 0 Å². The summed E-state index contributed by atoms with van der Waals surface area (Å²) in [6.45, 7) is 0. The number of nitriles is 1. The van der Waals surface area contributed by atoms with Crippen LogP contribution in [-0.4, -0.2) is 19.0 Å². The molecule has 0 saturated heterocycles. The highest BCUT2D eigenvalue weighted by Crippen LogP contribution is 2.23. The molecule has 0 aliphatic rings. The van der Waals surface area contributed by atoms with E-state index in [1.807, 2.05) is 6.07 Å². The molecular weight excluding hydrogens is 281 g/mol. The highest BCUT2D eigenvalue weighted by atomic mass is 19.1. The Morgan fingerprint density at radius 2 is 1.91 bits per heavy atom. The molecule has 2 aromatic carbocycles. The van der Waals surface area contributed by atoms with Gasteiger partial charge in [-0.1, -0.05) is 24.3 Å². The van der Waals surface area contributed by atoms with Gasteiger partial charge in [0.15, 0.2) is 0 Å². The molecule has 22 heavy (non-hydrogen) atoms. The zero-order valence-corrected chi connectivity index (χ0v) is 12.1. The molecule has 112 valence electrons. The highest BCUT2D eigenvalue weighted by molar-refractivity contribution is 5.94. The molecule has 0 radical (unpaired) electrons. The van der Waals surface area contributed by atoms with Crippen LogP contribution in [0, 0.1) is 17.1 Å². The van der Waals surface area contributed by atoms with E-state index >= 15 is 0 Å². The first-order valence-corrected chi connectivity index (χ1v) is 6.81. The van der Waals surface area contributed by atoms with Gasteiger partial charge in [-0.3, -0.25) is 4.79 Å². The predicted molar refractivity (Wildman–Crippen MR) is 82.5 cm³/mol. The topological polar surface area (TPSA) is 78.9 Å².